The number of fused-ring (bicyclic) bond motifs is 1. The van der Waals surface area contributed by atoms with Crippen LogP contribution in [0.25, 0.3) is 0 Å². The summed E-state index contributed by atoms with van der Waals surface area (Å²) in [7, 11) is 0. The lowest BCUT2D eigenvalue weighted by atomic mass is 10.0. The number of hydrogen-bond acceptors (Lipinski definition) is 4. The minimum absolute atomic E-state index is 0.218. The van der Waals surface area contributed by atoms with Crippen LogP contribution in [0.4, 0.5) is 5.69 Å². The van der Waals surface area contributed by atoms with E-state index in [9.17, 15) is 9.59 Å². The molecule has 2 fully saturated rings. The average Bonchev–Trinajstić information content (AvgIpc) is 3.69. The third kappa shape index (κ3) is 5.15. The Morgan fingerprint density at radius 3 is 2.55 bits per heavy atom. The summed E-state index contributed by atoms with van der Waals surface area (Å²) >= 11 is 0. The molecule has 5 rings (SSSR count). The maximum atomic E-state index is 12.9. The molecular weight excluding hydrogens is 414 g/mol. The average molecular weight is 448 g/mol. The molecule has 2 amide bonds. The van der Waals surface area contributed by atoms with Gasteiger partial charge in [0.05, 0.1) is 6.54 Å². The van der Waals surface area contributed by atoms with Crippen molar-refractivity contribution in [2.75, 3.05) is 44.2 Å². The second-order valence-corrected chi connectivity index (χ2v) is 9.53. The predicted octanol–water partition coefficient (Wildman–Crippen LogP) is 3.41. The molecule has 1 saturated heterocycles. The van der Waals surface area contributed by atoms with E-state index in [-0.39, 0.29) is 17.7 Å². The molecular formula is C27H33N3O3. The van der Waals surface area contributed by atoms with Gasteiger partial charge in [-0.2, -0.15) is 0 Å². The quantitative estimate of drug-likeness (QED) is 0.705. The molecule has 0 unspecified atom stereocenters. The standard InChI is InChI=1S/C27H33N3O3/c1-20-3-2-4-24(17-20)28-11-13-29(14-12-28)26(31)10-6-21-5-9-25-23(18-21)19-30(15-16-33-25)27(32)22-7-8-22/h2-5,9,17-18,22H,6-8,10-16,19H2,1H3. The van der Waals surface area contributed by atoms with Crippen LogP contribution < -0.4 is 9.64 Å². The zero-order valence-electron chi connectivity index (χ0n) is 19.5. The fourth-order valence-corrected chi connectivity index (χ4v) is 4.83. The van der Waals surface area contributed by atoms with Crippen LogP contribution in [0.5, 0.6) is 5.75 Å². The van der Waals surface area contributed by atoms with Crippen LogP contribution in [0.1, 0.15) is 36.0 Å². The van der Waals surface area contributed by atoms with Crippen molar-refractivity contribution in [3.8, 4) is 5.75 Å². The smallest absolute Gasteiger partial charge is 0.226 e. The molecule has 1 saturated carbocycles. The highest BCUT2D eigenvalue weighted by Gasteiger charge is 2.34. The topological polar surface area (TPSA) is 53.1 Å². The molecule has 1 aliphatic carbocycles. The number of aryl methyl sites for hydroxylation is 2. The van der Waals surface area contributed by atoms with Crippen molar-refractivity contribution in [1.82, 2.24) is 9.80 Å². The maximum absolute atomic E-state index is 12.9. The maximum Gasteiger partial charge on any atom is 0.226 e. The molecule has 6 nitrogen and oxygen atoms in total. The summed E-state index contributed by atoms with van der Waals surface area (Å²) in [5.74, 6) is 1.56. The van der Waals surface area contributed by atoms with Crippen LogP contribution in [-0.4, -0.2) is 60.9 Å². The predicted molar refractivity (Wildman–Crippen MR) is 128 cm³/mol. The first-order valence-electron chi connectivity index (χ1n) is 12.2. The van der Waals surface area contributed by atoms with Gasteiger partial charge in [0.25, 0.3) is 0 Å². The van der Waals surface area contributed by atoms with Crippen LogP contribution in [0, 0.1) is 12.8 Å². The Labute approximate surface area is 196 Å². The van der Waals surface area contributed by atoms with E-state index < -0.39 is 0 Å². The summed E-state index contributed by atoms with van der Waals surface area (Å²) in [5, 5.41) is 0. The molecule has 2 aromatic carbocycles. The molecule has 2 heterocycles. The molecule has 33 heavy (non-hydrogen) atoms. The van der Waals surface area contributed by atoms with Crippen molar-refractivity contribution in [3.05, 3.63) is 59.2 Å². The van der Waals surface area contributed by atoms with E-state index in [1.54, 1.807) is 0 Å². The Bertz CT molecular complexity index is 1030. The number of amides is 2. The Kier molecular flexibility index (Phi) is 6.25. The van der Waals surface area contributed by atoms with Crippen molar-refractivity contribution in [1.29, 1.82) is 0 Å². The van der Waals surface area contributed by atoms with E-state index in [0.29, 0.717) is 32.5 Å². The van der Waals surface area contributed by atoms with E-state index in [2.05, 4.69) is 48.2 Å². The number of piperazine rings is 1. The number of carbonyl (C=O) groups excluding carboxylic acids is 2. The van der Waals surface area contributed by atoms with Gasteiger partial charge in [-0.25, -0.2) is 0 Å². The minimum Gasteiger partial charge on any atom is -0.491 e. The number of hydrogen-bond donors (Lipinski definition) is 0. The van der Waals surface area contributed by atoms with Crippen molar-refractivity contribution in [2.24, 2.45) is 5.92 Å². The summed E-state index contributed by atoms with van der Waals surface area (Å²) < 4.78 is 5.88. The Morgan fingerprint density at radius 1 is 0.970 bits per heavy atom. The third-order valence-electron chi connectivity index (χ3n) is 6.97. The number of carbonyl (C=O) groups is 2. The lowest BCUT2D eigenvalue weighted by molar-refractivity contribution is -0.133. The number of ether oxygens (including phenoxy) is 1. The third-order valence-corrected chi connectivity index (χ3v) is 6.97. The molecule has 0 bridgehead atoms. The van der Waals surface area contributed by atoms with Crippen LogP contribution >= 0.6 is 0 Å². The van der Waals surface area contributed by atoms with Crippen LogP contribution in [-0.2, 0) is 22.6 Å². The van der Waals surface area contributed by atoms with Gasteiger partial charge in [-0.05, 0) is 55.5 Å². The molecule has 3 aliphatic rings. The van der Waals surface area contributed by atoms with E-state index in [1.165, 1.54) is 11.3 Å². The first-order valence-corrected chi connectivity index (χ1v) is 12.2. The first kappa shape index (κ1) is 21.8. The summed E-state index contributed by atoms with van der Waals surface area (Å²) in [6.45, 7) is 7.18. The highest BCUT2D eigenvalue weighted by atomic mass is 16.5. The van der Waals surface area contributed by atoms with Gasteiger partial charge >= 0.3 is 0 Å². The molecule has 6 heteroatoms. The van der Waals surface area contributed by atoms with Crippen molar-refractivity contribution >= 4 is 17.5 Å². The summed E-state index contributed by atoms with van der Waals surface area (Å²) in [6.07, 6.45) is 3.25. The number of nitrogens with zero attached hydrogens (tertiary/aromatic N) is 3. The number of rotatable bonds is 5. The van der Waals surface area contributed by atoms with E-state index in [4.69, 9.17) is 4.74 Å². The van der Waals surface area contributed by atoms with Gasteiger partial charge in [0, 0.05) is 56.3 Å². The largest absolute Gasteiger partial charge is 0.491 e. The Morgan fingerprint density at radius 2 is 1.79 bits per heavy atom. The second-order valence-electron chi connectivity index (χ2n) is 9.53. The van der Waals surface area contributed by atoms with E-state index >= 15 is 0 Å². The van der Waals surface area contributed by atoms with Gasteiger partial charge in [-0.15, -0.1) is 0 Å². The van der Waals surface area contributed by atoms with Crippen molar-refractivity contribution in [2.45, 2.75) is 39.2 Å². The zero-order valence-corrected chi connectivity index (χ0v) is 19.5. The molecule has 2 aromatic rings. The van der Waals surface area contributed by atoms with Gasteiger partial charge in [-0.1, -0.05) is 24.3 Å². The van der Waals surface area contributed by atoms with Gasteiger partial charge < -0.3 is 19.4 Å². The lowest BCUT2D eigenvalue weighted by Gasteiger charge is -2.36. The monoisotopic (exact) mass is 447 g/mol. The van der Waals surface area contributed by atoms with Gasteiger partial charge in [0.1, 0.15) is 12.4 Å². The Balaban J connectivity index is 1.15. The van der Waals surface area contributed by atoms with Gasteiger partial charge in [0.2, 0.25) is 11.8 Å². The highest BCUT2D eigenvalue weighted by molar-refractivity contribution is 5.81. The Hall–Kier alpha value is -3.02. The SMILES string of the molecule is Cc1cccc(N2CCN(C(=O)CCc3ccc4c(c3)CN(C(=O)C3CC3)CCO4)CC2)c1. The molecule has 0 N–H and O–H groups in total. The fourth-order valence-electron chi connectivity index (χ4n) is 4.83. The van der Waals surface area contributed by atoms with Crippen molar-refractivity contribution < 1.29 is 14.3 Å². The fraction of sp³-hybridized carbons (Fsp3) is 0.481. The van der Waals surface area contributed by atoms with E-state index in [1.807, 2.05) is 15.9 Å². The zero-order chi connectivity index (χ0) is 22.8. The van der Waals surface area contributed by atoms with Gasteiger partial charge in [0.15, 0.2) is 0 Å². The molecule has 0 radical (unpaired) electrons. The summed E-state index contributed by atoms with van der Waals surface area (Å²) in [4.78, 5) is 31.7. The number of benzene rings is 2. The molecule has 0 aromatic heterocycles. The first-order chi connectivity index (χ1) is 16.1. The second kappa shape index (κ2) is 9.46. The van der Waals surface area contributed by atoms with Crippen LogP contribution in [0.15, 0.2) is 42.5 Å². The molecule has 0 atom stereocenters. The van der Waals surface area contributed by atoms with E-state index in [0.717, 1.165) is 55.9 Å². The highest BCUT2D eigenvalue weighted by Crippen LogP contribution is 2.33. The normalized spacial score (nSPS) is 18.4. The summed E-state index contributed by atoms with van der Waals surface area (Å²) in [5.41, 5.74) is 4.68. The van der Waals surface area contributed by atoms with Crippen molar-refractivity contribution in [3.63, 3.8) is 0 Å². The lowest BCUT2D eigenvalue weighted by Crippen LogP contribution is -2.48. The van der Waals surface area contributed by atoms with Gasteiger partial charge in [-0.3, -0.25) is 9.59 Å². The summed E-state index contributed by atoms with van der Waals surface area (Å²) in [6, 6.07) is 14.7. The minimum atomic E-state index is 0.218. The van der Waals surface area contributed by atoms with Crippen LogP contribution in [0.2, 0.25) is 0 Å². The molecule has 174 valence electrons. The molecule has 2 aliphatic heterocycles. The number of anilines is 1. The molecule has 0 spiro atoms. The van der Waals surface area contributed by atoms with Crippen LogP contribution in [0.3, 0.4) is 0 Å².